The molecule has 0 aliphatic carbocycles. The van der Waals surface area contributed by atoms with Crippen molar-refractivity contribution in [3.05, 3.63) is 0 Å². The molecule has 49 valence electrons. The van der Waals surface area contributed by atoms with Crippen molar-refractivity contribution in [3.8, 4) is 0 Å². The van der Waals surface area contributed by atoms with E-state index in [-0.39, 0.29) is 6.61 Å². The van der Waals surface area contributed by atoms with Crippen molar-refractivity contribution in [1.82, 2.24) is 0 Å². The lowest BCUT2D eigenvalue weighted by molar-refractivity contribution is 0.215. The highest BCUT2D eigenvalue weighted by Gasteiger charge is 1.95. The number of thioether (sulfide) groups is 1. The molecule has 0 bridgehead atoms. The molecule has 1 nitrogen and oxygen atoms in total. The highest BCUT2D eigenvalue weighted by atomic mass is 32.2. The van der Waals surface area contributed by atoms with Crippen molar-refractivity contribution < 1.29 is 5.11 Å². The number of rotatable bonds is 4. The Morgan fingerprint density at radius 3 is 2.62 bits per heavy atom. The first kappa shape index (κ1) is 8.31. The Kier molecular flexibility index (Phi) is 5.66. The first-order valence-electron chi connectivity index (χ1n) is 3.01. The van der Waals surface area contributed by atoms with Crippen molar-refractivity contribution in [1.29, 1.82) is 0 Å². The summed E-state index contributed by atoms with van der Waals surface area (Å²) in [5, 5.41) is 10.6. The van der Waals surface area contributed by atoms with E-state index >= 15 is 0 Å². The van der Waals surface area contributed by atoms with Crippen LogP contribution in [-0.2, 0) is 5.11 Å². The zero-order valence-electron chi connectivity index (χ0n) is 5.52. The average molecular weight is 133 g/mol. The van der Waals surface area contributed by atoms with Gasteiger partial charge >= 0.3 is 0 Å². The Hall–Kier alpha value is 0.310. The number of hydrogen-bond donors (Lipinski definition) is 0. The summed E-state index contributed by atoms with van der Waals surface area (Å²) in [4.78, 5) is 0. The standard InChI is InChI=1S/C6H13OS/c1-3-6(2)8-5-4-7/h6H,3-5H2,1-2H3. The van der Waals surface area contributed by atoms with Crippen molar-refractivity contribution in [2.45, 2.75) is 25.5 Å². The third-order valence-corrected chi connectivity index (χ3v) is 2.37. The van der Waals surface area contributed by atoms with Crippen LogP contribution in [0.3, 0.4) is 0 Å². The summed E-state index contributed by atoms with van der Waals surface area (Å²) in [5.74, 6) is 0.773. The molecule has 0 aromatic rings. The van der Waals surface area contributed by atoms with Crippen LogP contribution in [0.1, 0.15) is 20.3 Å². The van der Waals surface area contributed by atoms with Crippen LogP contribution in [0.5, 0.6) is 0 Å². The molecule has 0 N–H and O–H groups in total. The summed E-state index contributed by atoms with van der Waals surface area (Å²) >= 11 is 1.76. The van der Waals surface area contributed by atoms with Crippen LogP contribution in [-0.4, -0.2) is 17.6 Å². The van der Waals surface area contributed by atoms with Gasteiger partial charge in [0.25, 0.3) is 0 Å². The van der Waals surface area contributed by atoms with Gasteiger partial charge in [0, 0.05) is 11.0 Å². The van der Waals surface area contributed by atoms with Gasteiger partial charge in [-0.3, -0.25) is 0 Å². The summed E-state index contributed by atoms with van der Waals surface area (Å²) in [7, 11) is 0. The lowest BCUT2D eigenvalue weighted by Gasteiger charge is -2.03. The van der Waals surface area contributed by atoms with Crippen LogP contribution < -0.4 is 0 Å². The molecule has 0 saturated heterocycles. The normalized spacial score (nSPS) is 13.9. The van der Waals surface area contributed by atoms with Crippen molar-refractivity contribution in [3.63, 3.8) is 0 Å². The molecule has 0 aromatic carbocycles. The quantitative estimate of drug-likeness (QED) is 0.574. The van der Waals surface area contributed by atoms with Crippen molar-refractivity contribution in [2.24, 2.45) is 0 Å². The Morgan fingerprint density at radius 1 is 1.62 bits per heavy atom. The van der Waals surface area contributed by atoms with Crippen LogP contribution in [0.2, 0.25) is 0 Å². The molecule has 0 saturated carbocycles. The lowest BCUT2D eigenvalue weighted by atomic mass is 10.4. The van der Waals surface area contributed by atoms with E-state index in [0.717, 1.165) is 5.75 Å². The van der Waals surface area contributed by atoms with E-state index in [1.54, 1.807) is 11.8 Å². The zero-order chi connectivity index (χ0) is 6.41. The molecule has 0 spiro atoms. The molecule has 2 heteroatoms. The van der Waals surface area contributed by atoms with Crippen molar-refractivity contribution >= 4 is 11.8 Å². The highest BCUT2D eigenvalue weighted by Crippen LogP contribution is 2.11. The molecule has 0 rings (SSSR count). The largest absolute Gasteiger partial charge is 0.236 e. The van der Waals surface area contributed by atoms with Crippen LogP contribution in [0, 0.1) is 0 Å². The molecule has 0 aliphatic heterocycles. The summed E-state index contributed by atoms with van der Waals surface area (Å²) in [6.45, 7) is 4.36. The van der Waals surface area contributed by atoms with E-state index in [1.807, 2.05) is 0 Å². The molecule has 0 amide bonds. The first-order chi connectivity index (χ1) is 3.81. The van der Waals surface area contributed by atoms with Crippen LogP contribution >= 0.6 is 11.8 Å². The summed E-state index contributed by atoms with van der Waals surface area (Å²) < 4.78 is 0. The number of hydrogen-bond acceptors (Lipinski definition) is 1. The maximum Gasteiger partial charge on any atom is 0.0912 e. The summed E-state index contributed by atoms with van der Waals surface area (Å²) in [5.41, 5.74) is 0. The molecule has 1 atom stereocenters. The van der Waals surface area contributed by atoms with Crippen molar-refractivity contribution in [2.75, 3.05) is 12.4 Å². The maximum absolute atomic E-state index is 9.93. The molecule has 0 heterocycles. The third kappa shape index (κ3) is 4.47. The second-order valence-corrected chi connectivity index (χ2v) is 3.34. The second-order valence-electron chi connectivity index (χ2n) is 1.79. The average Bonchev–Trinajstić information content (AvgIpc) is 1.83. The fraction of sp³-hybridized carbons (Fsp3) is 1.00. The maximum atomic E-state index is 9.93. The van der Waals surface area contributed by atoms with Gasteiger partial charge in [0.2, 0.25) is 0 Å². The van der Waals surface area contributed by atoms with E-state index in [2.05, 4.69) is 13.8 Å². The van der Waals surface area contributed by atoms with Crippen LogP contribution in [0.4, 0.5) is 0 Å². The molecular formula is C6H13OS. The fourth-order valence-electron chi connectivity index (χ4n) is 0.367. The van der Waals surface area contributed by atoms with Gasteiger partial charge in [-0.15, -0.1) is 0 Å². The summed E-state index contributed by atoms with van der Waals surface area (Å²) in [6, 6.07) is 0. The van der Waals surface area contributed by atoms with Gasteiger partial charge in [-0.2, -0.15) is 11.8 Å². The molecular weight excluding hydrogens is 120 g/mol. The Balaban J connectivity index is 2.86. The van der Waals surface area contributed by atoms with E-state index in [4.69, 9.17) is 0 Å². The van der Waals surface area contributed by atoms with Gasteiger partial charge in [0.15, 0.2) is 0 Å². The van der Waals surface area contributed by atoms with E-state index in [1.165, 1.54) is 6.42 Å². The summed E-state index contributed by atoms with van der Waals surface area (Å²) in [6.07, 6.45) is 1.17. The van der Waals surface area contributed by atoms with Gasteiger partial charge in [-0.05, 0) is 6.42 Å². The Bertz CT molecular complexity index is 47.8. The molecule has 8 heavy (non-hydrogen) atoms. The highest BCUT2D eigenvalue weighted by molar-refractivity contribution is 7.99. The third-order valence-electron chi connectivity index (χ3n) is 1.06. The minimum Gasteiger partial charge on any atom is -0.236 e. The van der Waals surface area contributed by atoms with Crippen LogP contribution in [0.15, 0.2) is 0 Å². The first-order valence-corrected chi connectivity index (χ1v) is 4.05. The topological polar surface area (TPSA) is 19.9 Å². The molecule has 1 radical (unpaired) electrons. The van der Waals surface area contributed by atoms with Gasteiger partial charge in [-0.25, -0.2) is 5.11 Å². The SMILES string of the molecule is CCC(C)SCC[O]. The Labute approximate surface area is 55.5 Å². The van der Waals surface area contributed by atoms with Gasteiger partial charge in [-0.1, -0.05) is 13.8 Å². The van der Waals surface area contributed by atoms with Gasteiger partial charge < -0.3 is 0 Å². The minimum absolute atomic E-state index is 0.0645. The molecule has 0 fully saturated rings. The van der Waals surface area contributed by atoms with E-state index in [0.29, 0.717) is 5.25 Å². The fourth-order valence-corrected chi connectivity index (χ4v) is 1.10. The second kappa shape index (κ2) is 5.45. The predicted molar refractivity (Wildman–Crippen MR) is 37.8 cm³/mol. The van der Waals surface area contributed by atoms with E-state index < -0.39 is 0 Å². The Morgan fingerprint density at radius 2 is 2.25 bits per heavy atom. The van der Waals surface area contributed by atoms with Crippen LogP contribution in [0.25, 0.3) is 0 Å². The minimum atomic E-state index is 0.0645. The monoisotopic (exact) mass is 133 g/mol. The predicted octanol–water partition coefficient (Wildman–Crippen LogP) is 1.95. The molecule has 0 aliphatic rings. The lowest BCUT2D eigenvalue weighted by Crippen LogP contribution is -1.95. The van der Waals surface area contributed by atoms with Gasteiger partial charge in [0.1, 0.15) is 0 Å². The molecule has 0 aromatic heterocycles. The smallest absolute Gasteiger partial charge is 0.0912 e. The van der Waals surface area contributed by atoms with Gasteiger partial charge in [0.05, 0.1) is 6.61 Å². The van der Waals surface area contributed by atoms with E-state index in [9.17, 15) is 5.11 Å². The zero-order valence-corrected chi connectivity index (χ0v) is 6.33. The molecule has 1 unspecified atom stereocenters.